The van der Waals surface area contributed by atoms with E-state index in [4.69, 9.17) is 0 Å². The maximum Gasteiger partial charge on any atom is 0.214 e. The molecule has 18 heavy (non-hydrogen) atoms. The zero-order valence-electron chi connectivity index (χ0n) is 10.2. The minimum Gasteiger partial charge on any atom is -0.316 e. The zero-order valence-corrected chi connectivity index (χ0v) is 11.8. The fourth-order valence-electron chi connectivity index (χ4n) is 2.85. The average molecular weight is 286 g/mol. The highest BCUT2D eigenvalue weighted by Crippen LogP contribution is 2.28. The van der Waals surface area contributed by atoms with Gasteiger partial charge in [-0.3, -0.25) is 0 Å². The van der Waals surface area contributed by atoms with E-state index in [0.29, 0.717) is 31.3 Å². The lowest BCUT2D eigenvalue weighted by Gasteiger charge is -2.17. The van der Waals surface area contributed by atoms with Crippen LogP contribution in [0.1, 0.15) is 4.88 Å². The summed E-state index contributed by atoms with van der Waals surface area (Å²) in [6.45, 7) is 3.37. The number of nitrogens with zero attached hydrogens (tertiary/aromatic N) is 1. The summed E-state index contributed by atoms with van der Waals surface area (Å²) >= 11 is 1.63. The second-order valence-corrected chi connectivity index (χ2v) is 8.26. The first-order valence-corrected chi connectivity index (χ1v) is 8.85. The van der Waals surface area contributed by atoms with E-state index in [1.165, 1.54) is 0 Å². The van der Waals surface area contributed by atoms with Gasteiger partial charge in [-0.05, 0) is 42.8 Å². The van der Waals surface area contributed by atoms with Crippen LogP contribution in [0.15, 0.2) is 17.5 Å². The number of hydrogen-bond donors (Lipinski definition) is 1. The summed E-state index contributed by atoms with van der Waals surface area (Å²) in [5, 5.41) is 5.32. The van der Waals surface area contributed by atoms with Crippen molar-refractivity contribution < 1.29 is 8.42 Å². The predicted octanol–water partition coefficient (Wildman–Crippen LogP) is 0.772. The summed E-state index contributed by atoms with van der Waals surface area (Å²) in [7, 11) is -3.07. The second kappa shape index (κ2) is 4.92. The summed E-state index contributed by atoms with van der Waals surface area (Å²) < 4.78 is 26.2. The standard InChI is InChI=1S/C12H18N2O2S2/c15-18(16,5-3-12-2-1-4-17-12)14-8-10-6-13-7-11(10)9-14/h1-2,4,10-11,13H,3,5-9H2/t10-,11+. The maximum absolute atomic E-state index is 12.3. The van der Waals surface area contributed by atoms with Crippen LogP contribution in [-0.4, -0.2) is 44.7 Å². The van der Waals surface area contributed by atoms with E-state index < -0.39 is 10.0 Å². The highest BCUT2D eigenvalue weighted by molar-refractivity contribution is 7.89. The molecule has 1 aromatic rings. The Bertz CT molecular complexity index is 486. The molecule has 1 aromatic heterocycles. The molecule has 0 unspecified atom stereocenters. The van der Waals surface area contributed by atoms with Crippen LogP contribution in [0, 0.1) is 11.8 Å². The van der Waals surface area contributed by atoms with Crippen LogP contribution in [0.2, 0.25) is 0 Å². The second-order valence-electron chi connectivity index (χ2n) is 5.14. The number of sulfonamides is 1. The van der Waals surface area contributed by atoms with Crippen molar-refractivity contribution in [2.75, 3.05) is 31.9 Å². The lowest BCUT2D eigenvalue weighted by atomic mass is 10.0. The van der Waals surface area contributed by atoms with E-state index in [2.05, 4.69) is 5.32 Å². The smallest absolute Gasteiger partial charge is 0.214 e. The van der Waals surface area contributed by atoms with E-state index in [1.807, 2.05) is 17.5 Å². The van der Waals surface area contributed by atoms with Crippen LogP contribution in [0.25, 0.3) is 0 Å². The van der Waals surface area contributed by atoms with Gasteiger partial charge in [-0.25, -0.2) is 12.7 Å². The van der Waals surface area contributed by atoms with Gasteiger partial charge in [-0.1, -0.05) is 6.07 Å². The Morgan fingerprint density at radius 3 is 2.67 bits per heavy atom. The van der Waals surface area contributed by atoms with E-state index in [-0.39, 0.29) is 5.75 Å². The molecule has 0 bridgehead atoms. The number of aryl methyl sites for hydroxylation is 1. The molecule has 0 spiro atoms. The van der Waals surface area contributed by atoms with Gasteiger partial charge >= 0.3 is 0 Å². The summed E-state index contributed by atoms with van der Waals surface area (Å²) in [6, 6.07) is 3.97. The molecule has 2 saturated heterocycles. The lowest BCUT2D eigenvalue weighted by molar-refractivity contribution is 0.448. The van der Waals surface area contributed by atoms with Crippen LogP contribution in [-0.2, 0) is 16.4 Å². The fourth-order valence-corrected chi connectivity index (χ4v) is 5.26. The Labute approximate surface area is 112 Å². The van der Waals surface area contributed by atoms with E-state index in [9.17, 15) is 8.42 Å². The minimum absolute atomic E-state index is 0.250. The molecule has 4 nitrogen and oxygen atoms in total. The van der Waals surface area contributed by atoms with E-state index >= 15 is 0 Å². The van der Waals surface area contributed by atoms with Gasteiger partial charge in [0, 0.05) is 18.0 Å². The van der Waals surface area contributed by atoms with Crippen molar-refractivity contribution in [2.45, 2.75) is 6.42 Å². The van der Waals surface area contributed by atoms with Gasteiger partial charge < -0.3 is 5.32 Å². The van der Waals surface area contributed by atoms with Gasteiger partial charge in [0.15, 0.2) is 0 Å². The average Bonchev–Trinajstić information content (AvgIpc) is 3.02. The van der Waals surface area contributed by atoms with E-state index in [0.717, 1.165) is 18.0 Å². The van der Waals surface area contributed by atoms with Crippen molar-refractivity contribution in [1.82, 2.24) is 9.62 Å². The summed E-state index contributed by atoms with van der Waals surface area (Å²) in [5.74, 6) is 1.31. The Hall–Kier alpha value is -0.430. The summed E-state index contributed by atoms with van der Waals surface area (Å²) in [4.78, 5) is 1.15. The molecular formula is C12H18N2O2S2. The molecule has 0 radical (unpaired) electrons. The number of fused-ring (bicyclic) bond motifs is 1. The molecule has 0 amide bonds. The molecule has 0 aliphatic carbocycles. The lowest BCUT2D eigenvalue weighted by Crippen LogP contribution is -2.34. The van der Waals surface area contributed by atoms with Gasteiger partial charge in [-0.15, -0.1) is 11.3 Å². The quantitative estimate of drug-likeness (QED) is 0.889. The Kier molecular flexibility index (Phi) is 3.44. The Morgan fingerprint density at radius 2 is 2.06 bits per heavy atom. The molecule has 1 N–H and O–H groups in total. The first kappa shape index (κ1) is 12.6. The van der Waals surface area contributed by atoms with Crippen molar-refractivity contribution in [3.63, 3.8) is 0 Å². The Morgan fingerprint density at radius 1 is 1.33 bits per heavy atom. The molecule has 2 atom stereocenters. The SMILES string of the molecule is O=S(=O)(CCc1cccs1)N1C[C@H]2CNC[C@H]2C1. The van der Waals surface area contributed by atoms with Gasteiger partial charge in [0.2, 0.25) is 10.0 Å². The topological polar surface area (TPSA) is 49.4 Å². The number of nitrogens with one attached hydrogen (secondary N) is 1. The number of thiophene rings is 1. The van der Waals surface area contributed by atoms with Crippen molar-refractivity contribution >= 4 is 21.4 Å². The van der Waals surface area contributed by atoms with Crippen molar-refractivity contribution in [3.05, 3.63) is 22.4 Å². The minimum atomic E-state index is -3.07. The molecule has 6 heteroatoms. The van der Waals surface area contributed by atoms with E-state index in [1.54, 1.807) is 15.6 Å². The fraction of sp³-hybridized carbons (Fsp3) is 0.667. The van der Waals surface area contributed by atoms with Gasteiger partial charge in [0.1, 0.15) is 0 Å². The number of hydrogen-bond acceptors (Lipinski definition) is 4. The molecule has 2 aliphatic rings. The maximum atomic E-state index is 12.3. The molecule has 2 fully saturated rings. The molecular weight excluding hydrogens is 268 g/mol. The molecule has 100 valence electrons. The highest BCUT2D eigenvalue weighted by Gasteiger charge is 2.40. The van der Waals surface area contributed by atoms with Crippen LogP contribution < -0.4 is 5.32 Å². The Balaban J connectivity index is 1.61. The first-order valence-electron chi connectivity index (χ1n) is 6.36. The third-order valence-electron chi connectivity index (χ3n) is 3.94. The van der Waals surface area contributed by atoms with Crippen LogP contribution in [0.3, 0.4) is 0 Å². The van der Waals surface area contributed by atoms with Crippen LogP contribution in [0.4, 0.5) is 0 Å². The van der Waals surface area contributed by atoms with Crippen molar-refractivity contribution in [2.24, 2.45) is 11.8 Å². The van der Waals surface area contributed by atoms with Gasteiger partial charge in [0.25, 0.3) is 0 Å². The zero-order chi connectivity index (χ0) is 12.6. The molecule has 2 aliphatic heterocycles. The first-order chi connectivity index (χ1) is 8.65. The predicted molar refractivity (Wildman–Crippen MR) is 73.2 cm³/mol. The van der Waals surface area contributed by atoms with Gasteiger partial charge in [0.05, 0.1) is 5.75 Å². The molecule has 0 aromatic carbocycles. The monoisotopic (exact) mass is 286 g/mol. The largest absolute Gasteiger partial charge is 0.316 e. The summed E-state index contributed by atoms with van der Waals surface area (Å²) in [5.41, 5.74) is 0. The third-order valence-corrected chi connectivity index (χ3v) is 6.68. The molecule has 3 heterocycles. The molecule has 0 saturated carbocycles. The normalized spacial score (nSPS) is 28.7. The van der Waals surface area contributed by atoms with Crippen LogP contribution >= 0.6 is 11.3 Å². The third kappa shape index (κ3) is 2.47. The van der Waals surface area contributed by atoms with Crippen molar-refractivity contribution in [3.8, 4) is 0 Å². The van der Waals surface area contributed by atoms with Gasteiger partial charge in [-0.2, -0.15) is 0 Å². The summed E-state index contributed by atoms with van der Waals surface area (Å²) in [6.07, 6.45) is 0.643. The molecule has 3 rings (SSSR count). The number of rotatable bonds is 4. The highest BCUT2D eigenvalue weighted by atomic mass is 32.2. The van der Waals surface area contributed by atoms with Crippen molar-refractivity contribution in [1.29, 1.82) is 0 Å². The van der Waals surface area contributed by atoms with Crippen LogP contribution in [0.5, 0.6) is 0 Å².